The van der Waals surface area contributed by atoms with E-state index in [9.17, 15) is 9.59 Å². The third-order valence-electron chi connectivity index (χ3n) is 6.26. The molecule has 0 saturated carbocycles. The van der Waals surface area contributed by atoms with Crippen molar-refractivity contribution in [1.29, 1.82) is 0 Å². The molecule has 4 heterocycles. The van der Waals surface area contributed by atoms with Crippen LogP contribution in [0.5, 0.6) is 0 Å². The Morgan fingerprint density at radius 1 is 1.21 bits per heavy atom. The lowest BCUT2D eigenvalue weighted by Crippen LogP contribution is -2.40. The number of fused-ring (bicyclic) bond motifs is 3. The van der Waals surface area contributed by atoms with Crippen LogP contribution in [0, 0.1) is 12.8 Å². The van der Waals surface area contributed by atoms with Gasteiger partial charge in [-0.1, -0.05) is 48.5 Å². The first-order valence-electron chi connectivity index (χ1n) is 11.2. The maximum absolute atomic E-state index is 13.4. The van der Waals surface area contributed by atoms with E-state index in [2.05, 4.69) is 22.2 Å². The number of carbonyl (C=O) groups is 1. The zero-order valence-corrected chi connectivity index (χ0v) is 19.9. The normalized spacial score (nSPS) is 16.7. The fourth-order valence-corrected chi connectivity index (χ4v) is 5.29. The fourth-order valence-electron chi connectivity index (χ4n) is 4.45. The van der Waals surface area contributed by atoms with Gasteiger partial charge in [-0.25, -0.2) is 0 Å². The van der Waals surface area contributed by atoms with Crippen molar-refractivity contribution in [2.75, 3.05) is 18.8 Å². The van der Waals surface area contributed by atoms with Crippen LogP contribution in [-0.2, 0) is 18.4 Å². The molecule has 1 saturated heterocycles. The summed E-state index contributed by atoms with van der Waals surface area (Å²) in [7, 11) is 1.75. The van der Waals surface area contributed by atoms with E-state index in [4.69, 9.17) is 0 Å². The quantitative estimate of drug-likeness (QED) is 0.421. The third-order valence-corrected chi connectivity index (χ3v) is 7.18. The minimum absolute atomic E-state index is 0.110. The highest BCUT2D eigenvalue weighted by molar-refractivity contribution is 7.99. The number of hydrogen-bond donors (Lipinski definition) is 0. The molecule has 0 unspecified atom stereocenters. The molecule has 1 aliphatic rings. The van der Waals surface area contributed by atoms with E-state index >= 15 is 0 Å². The first-order valence-corrected chi connectivity index (χ1v) is 12.2. The predicted molar refractivity (Wildman–Crippen MR) is 128 cm³/mol. The molecule has 4 aromatic rings. The standard InChI is InChI=1S/C23H27N7O2S/c1-15-6-8-17(9-7-15)13-29-21(32)20-18(11-24-27(20)3)30-22(29)25-26-23(30)33-14-19(31)28-10-4-5-16(2)12-28/h6-9,11,16H,4-5,10,12-14H2,1-3H3/t16-/m0/s1. The largest absolute Gasteiger partial charge is 0.342 e. The van der Waals surface area contributed by atoms with Crippen LogP contribution in [0.2, 0.25) is 0 Å². The van der Waals surface area contributed by atoms with Crippen LogP contribution >= 0.6 is 11.8 Å². The number of aromatic nitrogens is 6. The second-order valence-electron chi connectivity index (χ2n) is 8.87. The van der Waals surface area contributed by atoms with Crippen LogP contribution in [0.3, 0.4) is 0 Å². The van der Waals surface area contributed by atoms with Crippen molar-refractivity contribution in [1.82, 2.24) is 33.8 Å². The van der Waals surface area contributed by atoms with E-state index in [0.717, 1.165) is 30.6 Å². The number of rotatable bonds is 5. The second kappa shape index (κ2) is 8.66. The highest BCUT2D eigenvalue weighted by Crippen LogP contribution is 2.23. The molecule has 1 amide bonds. The summed E-state index contributed by atoms with van der Waals surface area (Å²) in [5, 5.41) is 13.6. The molecule has 33 heavy (non-hydrogen) atoms. The highest BCUT2D eigenvalue weighted by Gasteiger charge is 2.23. The molecule has 0 bridgehead atoms. The molecule has 1 atom stereocenters. The fraction of sp³-hybridized carbons (Fsp3) is 0.435. The van der Waals surface area contributed by atoms with Gasteiger partial charge in [-0.2, -0.15) is 5.10 Å². The van der Waals surface area contributed by atoms with E-state index < -0.39 is 0 Å². The van der Waals surface area contributed by atoms with Gasteiger partial charge in [-0.15, -0.1) is 10.2 Å². The van der Waals surface area contributed by atoms with Gasteiger partial charge in [0.25, 0.3) is 5.56 Å². The second-order valence-corrected chi connectivity index (χ2v) is 9.82. The first-order chi connectivity index (χ1) is 15.9. The molecule has 0 spiro atoms. The Labute approximate surface area is 195 Å². The van der Waals surface area contributed by atoms with Crippen molar-refractivity contribution in [2.45, 2.75) is 38.4 Å². The van der Waals surface area contributed by atoms with E-state index in [0.29, 0.717) is 34.4 Å². The van der Waals surface area contributed by atoms with E-state index in [1.807, 2.05) is 40.5 Å². The van der Waals surface area contributed by atoms with Crippen LogP contribution in [0.25, 0.3) is 16.8 Å². The summed E-state index contributed by atoms with van der Waals surface area (Å²) in [6, 6.07) is 8.07. The van der Waals surface area contributed by atoms with E-state index in [1.54, 1.807) is 22.5 Å². The average Bonchev–Trinajstić information content (AvgIpc) is 3.40. The SMILES string of the molecule is Cc1ccc(Cn2c(=O)c3c(cnn3C)n3c(SCC(=O)N4CCC[C@H](C)C4)nnc23)cc1. The van der Waals surface area contributed by atoms with Crippen molar-refractivity contribution in [3.63, 3.8) is 0 Å². The van der Waals surface area contributed by atoms with Gasteiger partial charge in [0.15, 0.2) is 10.7 Å². The molecule has 5 rings (SSSR count). The van der Waals surface area contributed by atoms with Crippen LogP contribution in [-0.4, -0.2) is 58.6 Å². The maximum Gasteiger partial charge on any atom is 0.281 e. The van der Waals surface area contributed by atoms with Crippen LogP contribution in [0.1, 0.15) is 30.9 Å². The van der Waals surface area contributed by atoms with Crippen LogP contribution in [0.15, 0.2) is 40.4 Å². The van der Waals surface area contributed by atoms with Crippen molar-refractivity contribution in [3.8, 4) is 0 Å². The molecule has 3 aromatic heterocycles. The van der Waals surface area contributed by atoms with E-state index in [1.165, 1.54) is 18.2 Å². The summed E-state index contributed by atoms with van der Waals surface area (Å²) in [4.78, 5) is 28.1. The molecule has 0 radical (unpaired) electrons. The number of piperidine rings is 1. The van der Waals surface area contributed by atoms with Crippen molar-refractivity contribution in [3.05, 3.63) is 51.9 Å². The molecule has 1 aliphatic heterocycles. The summed E-state index contributed by atoms with van der Waals surface area (Å²) in [6.45, 7) is 6.21. The zero-order chi connectivity index (χ0) is 23.1. The number of amides is 1. The number of likely N-dealkylation sites (tertiary alicyclic amines) is 1. The van der Waals surface area contributed by atoms with E-state index in [-0.39, 0.29) is 17.2 Å². The van der Waals surface area contributed by atoms with Crippen LogP contribution in [0.4, 0.5) is 0 Å². The molecule has 0 aliphatic carbocycles. The number of carbonyl (C=O) groups excluding carboxylic acids is 1. The molecule has 0 N–H and O–H groups in total. The summed E-state index contributed by atoms with van der Waals surface area (Å²) in [5.74, 6) is 1.38. The van der Waals surface area contributed by atoms with Gasteiger partial charge in [0.05, 0.1) is 18.5 Å². The molecular formula is C23H27N7O2S. The lowest BCUT2D eigenvalue weighted by molar-refractivity contribution is -0.130. The lowest BCUT2D eigenvalue weighted by atomic mass is 10.0. The average molecular weight is 466 g/mol. The Balaban J connectivity index is 1.52. The van der Waals surface area contributed by atoms with Crippen molar-refractivity contribution >= 4 is 34.5 Å². The number of thioether (sulfide) groups is 1. The topological polar surface area (TPSA) is 90.3 Å². The maximum atomic E-state index is 13.4. The van der Waals surface area contributed by atoms with Gasteiger partial charge >= 0.3 is 0 Å². The smallest absolute Gasteiger partial charge is 0.281 e. The van der Waals surface area contributed by atoms with Gasteiger partial charge in [0, 0.05) is 20.1 Å². The van der Waals surface area contributed by atoms with Gasteiger partial charge in [-0.05, 0) is 31.2 Å². The number of hydrogen-bond acceptors (Lipinski definition) is 6. The Morgan fingerprint density at radius 2 is 2.00 bits per heavy atom. The zero-order valence-electron chi connectivity index (χ0n) is 19.1. The Morgan fingerprint density at radius 3 is 2.76 bits per heavy atom. The number of nitrogens with zero attached hydrogens (tertiary/aromatic N) is 7. The summed E-state index contributed by atoms with van der Waals surface area (Å²) in [5.41, 5.74) is 3.11. The highest BCUT2D eigenvalue weighted by atomic mass is 32.2. The number of benzene rings is 1. The Kier molecular flexibility index (Phi) is 5.69. The minimum Gasteiger partial charge on any atom is -0.342 e. The molecular weight excluding hydrogens is 438 g/mol. The van der Waals surface area contributed by atoms with Gasteiger partial charge in [0.1, 0.15) is 5.52 Å². The van der Waals surface area contributed by atoms with Gasteiger partial charge in [0.2, 0.25) is 11.7 Å². The Hall–Kier alpha value is -3.14. The third kappa shape index (κ3) is 4.03. The predicted octanol–water partition coefficient (Wildman–Crippen LogP) is 2.49. The first kappa shape index (κ1) is 21.7. The summed E-state index contributed by atoms with van der Waals surface area (Å²) < 4.78 is 5.05. The minimum atomic E-state index is -0.166. The monoisotopic (exact) mass is 465 g/mol. The molecule has 10 heteroatoms. The van der Waals surface area contributed by atoms with Crippen LogP contribution < -0.4 is 5.56 Å². The number of aryl methyl sites for hydroxylation is 2. The van der Waals surface area contributed by atoms with Crippen molar-refractivity contribution < 1.29 is 4.79 Å². The molecule has 9 nitrogen and oxygen atoms in total. The summed E-state index contributed by atoms with van der Waals surface area (Å²) >= 11 is 1.35. The lowest BCUT2D eigenvalue weighted by Gasteiger charge is -2.30. The van der Waals surface area contributed by atoms with Gasteiger partial charge in [-0.3, -0.25) is 23.2 Å². The molecule has 172 valence electrons. The summed E-state index contributed by atoms with van der Waals surface area (Å²) in [6.07, 6.45) is 3.87. The van der Waals surface area contributed by atoms with Crippen molar-refractivity contribution in [2.24, 2.45) is 13.0 Å². The molecule has 1 fully saturated rings. The Bertz CT molecular complexity index is 1390. The van der Waals surface area contributed by atoms with Gasteiger partial charge < -0.3 is 4.90 Å². The molecule has 1 aromatic carbocycles.